The minimum absolute atomic E-state index is 0.0552. The van der Waals surface area contributed by atoms with Crippen molar-refractivity contribution in [1.82, 2.24) is 10.6 Å². The zero-order valence-corrected chi connectivity index (χ0v) is 8.75. The minimum atomic E-state index is -0.455. The summed E-state index contributed by atoms with van der Waals surface area (Å²) in [7, 11) is 0. The van der Waals surface area contributed by atoms with Crippen molar-refractivity contribution < 1.29 is 9.90 Å². The lowest BCUT2D eigenvalue weighted by atomic mass is 9.96. The molecule has 4 nitrogen and oxygen atoms in total. The monoisotopic (exact) mass is 200 g/mol. The van der Waals surface area contributed by atoms with Crippen molar-refractivity contribution >= 4 is 5.91 Å². The Morgan fingerprint density at radius 3 is 3.07 bits per heavy atom. The molecule has 0 aromatic heterocycles. The highest BCUT2D eigenvalue weighted by Crippen LogP contribution is 2.13. The van der Waals surface area contributed by atoms with Crippen LogP contribution in [0.25, 0.3) is 0 Å². The highest BCUT2D eigenvalue weighted by molar-refractivity contribution is 5.76. The number of aliphatic hydroxyl groups excluding tert-OH is 1. The van der Waals surface area contributed by atoms with E-state index in [1.165, 1.54) is 0 Å². The number of rotatable bonds is 4. The van der Waals surface area contributed by atoms with E-state index in [1.54, 1.807) is 6.92 Å². The van der Waals surface area contributed by atoms with Crippen LogP contribution in [0, 0.1) is 5.92 Å². The first kappa shape index (κ1) is 11.5. The molecule has 4 heteroatoms. The van der Waals surface area contributed by atoms with E-state index in [2.05, 4.69) is 10.6 Å². The van der Waals surface area contributed by atoms with E-state index in [4.69, 9.17) is 5.11 Å². The molecular formula is C10H20N2O2. The second-order valence-electron chi connectivity index (χ2n) is 4.07. The normalized spacial score (nSPS) is 24.3. The van der Waals surface area contributed by atoms with Gasteiger partial charge in [-0.15, -0.1) is 0 Å². The van der Waals surface area contributed by atoms with Crippen molar-refractivity contribution in [2.24, 2.45) is 5.92 Å². The molecule has 0 aromatic rings. The third-order valence-electron chi connectivity index (χ3n) is 2.47. The van der Waals surface area contributed by atoms with Gasteiger partial charge in [0.25, 0.3) is 0 Å². The molecule has 1 fully saturated rings. The zero-order chi connectivity index (χ0) is 10.4. The van der Waals surface area contributed by atoms with E-state index in [0.29, 0.717) is 18.9 Å². The average molecular weight is 200 g/mol. The van der Waals surface area contributed by atoms with Gasteiger partial charge in [-0.2, -0.15) is 0 Å². The van der Waals surface area contributed by atoms with Gasteiger partial charge in [0.1, 0.15) is 0 Å². The first-order chi connectivity index (χ1) is 6.68. The lowest BCUT2D eigenvalue weighted by molar-refractivity contribution is -0.122. The van der Waals surface area contributed by atoms with Crippen LogP contribution in [0.1, 0.15) is 26.2 Å². The Hall–Kier alpha value is -0.610. The molecule has 0 bridgehead atoms. The molecule has 0 aromatic carbocycles. The van der Waals surface area contributed by atoms with Gasteiger partial charge in [0.05, 0.1) is 6.10 Å². The molecule has 0 spiro atoms. The van der Waals surface area contributed by atoms with Gasteiger partial charge in [-0.05, 0) is 38.8 Å². The number of hydrogen-bond donors (Lipinski definition) is 3. The van der Waals surface area contributed by atoms with Crippen LogP contribution in [0.5, 0.6) is 0 Å². The topological polar surface area (TPSA) is 61.4 Å². The molecule has 1 aliphatic rings. The Balaban J connectivity index is 2.12. The van der Waals surface area contributed by atoms with Crippen LogP contribution in [0.2, 0.25) is 0 Å². The van der Waals surface area contributed by atoms with Gasteiger partial charge in [0.15, 0.2) is 0 Å². The van der Waals surface area contributed by atoms with E-state index in [-0.39, 0.29) is 5.91 Å². The molecule has 0 radical (unpaired) electrons. The SMILES string of the molecule is CC(O)CNC(=O)CC1CCCNC1. The Bertz CT molecular complexity index is 177. The Labute approximate surface area is 85.1 Å². The summed E-state index contributed by atoms with van der Waals surface area (Å²) in [5, 5.41) is 15.0. The molecule has 2 unspecified atom stereocenters. The van der Waals surface area contributed by atoms with Crippen LogP contribution in [0.4, 0.5) is 0 Å². The van der Waals surface area contributed by atoms with Crippen molar-refractivity contribution in [3.63, 3.8) is 0 Å². The first-order valence-electron chi connectivity index (χ1n) is 5.34. The molecule has 2 atom stereocenters. The summed E-state index contributed by atoms with van der Waals surface area (Å²) in [4.78, 5) is 11.4. The van der Waals surface area contributed by atoms with Gasteiger partial charge in [0, 0.05) is 13.0 Å². The summed E-state index contributed by atoms with van der Waals surface area (Å²) >= 11 is 0. The third kappa shape index (κ3) is 4.58. The van der Waals surface area contributed by atoms with Crippen molar-refractivity contribution in [2.45, 2.75) is 32.3 Å². The fourth-order valence-corrected chi connectivity index (χ4v) is 1.69. The molecule has 1 aliphatic heterocycles. The second kappa shape index (κ2) is 5.98. The summed E-state index contributed by atoms with van der Waals surface area (Å²) < 4.78 is 0. The van der Waals surface area contributed by atoms with Gasteiger partial charge in [-0.1, -0.05) is 0 Å². The number of nitrogens with one attached hydrogen (secondary N) is 2. The zero-order valence-electron chi connectivity index (χ0n) is 8.75. The maximum absolute atomic E-state index is 11.4. The standard InChI is InChI=1S/C10H20N2O2/c1-8(13)6-12-10(14)5-9-3-2-4-11-7-9/h8-9,11,13H,2-7H2,1H3,(H,12,14). The lowest BCUT2D eigenvalue weighted by Gasteiger charge is -2.22. The van der Waals surface area contributed by atoms with E-state index in [0.717, 1.165) is 25.9 Å². The molecule has 0 aliphatic carbocycles. The van der Waals surface area contributed by atoms with Crippen molar-refractivity contribution in [2.75, 3.05) is 19.6 Å². The molecule has 0 saturated carbocycles. The predicted octanol–water partition coefficient (Wildman–Crippen LogP) is -0.127. The van der Waals surface area contributed by atoms with E-state index in [9.17, 15) is 4.79 Å². The summed E-state index contributed by atoms with van der Waals surface area (Å²) in [6.45, 7) is 4.05. The minimum Gasteiger partial charge on any atom is -0.392 e. The van der Waals surface area contributed by atoms with Gasteiger partial charge in [-0.3, -0.25) is 4.79 Å². The van der Waals surface area contributed by atoms with Crippen LogP contribution in [0.3, 0.4) is 0 Å². The van der Waals surface area contributed by atoms with E-state index >= 15 is 0 Å². The van der Waals surface area contributed by atoms with Gasteiger partial charge < -0.3 is 15.7 Å². The Morgan fingerprint density at radius 2 is 2.50 bits per heavy atom. The molecule has 14 heavy (non-hydrogen) atoms. The van der Waals surface area contributed by atoms with Crippen molar-refractivity contribution in [3.05, 3.63) is 0 Å². The number of carbonyl (C=O) groups is 1. The van der Waals surface area contributed by atoms with Crippen LogP contribution >= 0.6 is 0 Å². The molecule has 1 rings (SSSR count). The van der Waals surface area contributed by atoms with Crippen LogP contribution in [0.15, 0.2) is 0 Å². The molecular weight excluding hydrogens is 180 g/mol. The Kier molecular flexibility index (Phi) is 4.90. The predicted molar refractivity (Wildman–Crippen MR) is 54.9 cm³/mol. The number of aliphatic hydroxyl groups is 1. The number of hydrogen-bond acceptors (Lipinski definition) is 3. The largest absolute Gasteiger partial charge is 0.392 e. The summed E-state index contributed by atoms with van der Waals surface area (Å²) in [5.41, 5.74) is 0. The van der Waals surface area contributed by atoms with E-state index in [1.807, 2.05) is 0 Å². The molecule has 1 heterocycles. The fraction of sp³-hybridized carbons (Fsp3) is 0.900. The quantitative estimate of drug-likeness (QED) is 0.592. The molecule has 82 valence electrons. The van der Waals surface area contributed by atoms with Crippen LogP contribution in [-0.2, 0) is 4.79 Å². The van der Waals surface area contributed by atoms with Gasteiger partial charge in [0.2, 0.25) is 5.91 Å². The molecule has 1 amide bonds. The van der Waals surface area contributed by atoms with E-state index < -0.39 is 6.10 Å². The highest BCUT2D eigenvalue weighted by atomic mass is 16.3. The number of amides is 1. The average Bonchev–Trinajstić information content (AvgIpc) is 2.16. The van der Waals surface area contributed by atoms with Gasteiger partial charge >= 0.3 is 0 Å². The van der Waals surface area contributed by atoms with Crippen LogP contribution in [-0.4, -0.2) is 36.8 Å². The fourth-order valence-electron chi connectivity index (χ4n) is 1.69. The van der Waals surface area contributed by atoms with Crippen molar-refractivity contribution in [3.8, 4) is 0 Å². The maximum Gasteiger partial charge on any atom is 0.220 e. The van der Waals surface area contributed by atoms with Crippen molar-refractivity contribution in [1.29, 1.82) is 0 Å². The first-order valence-corrected chi connectivity index (χ1v) is 5.34. The smallest absolute Gasteiger partial charge is 0.220 e. The Morgan fingerprint density at radius 1 is 1.71 bits per heavy atom. The molecule has 1 saturated heterocycles. The maximum atomic E-state index is 11.4. The summed E-state index contributed by atoms with van der Waals surface area (Å²) in [6, 6.07) is 0. The van der Waals surface area contributed by atoms with Gasteiger partial charge in [-0.25, -0.2) is 0 Å². The van der Waals surface area contributed by atoms with Crippen LogP contribution < -0.4 is 10.6 Å². The summed E-state index contributed by atoms with van der Waals surface area (Å²) in [6.07, 6.45) is 2.42. The second-order valence-corrected chi connectivity index (χ2v) is 4.07. The third-order valence-corrected chi connectivity index (χ3v) is 2.47. The highest BCUT2D eigenvalue weighted by Gasteiger charge is 2.16. The molecule has 3 N–H and O–H groups in total. The summed E-state index contributed by atoms with van der Waals surface area (Å²) in [5.74, 6) is 0.525. The lowest BCUT2D eigenvalue weighted by Crippen LogP contribution is -2.36. The number of piperidine rings is 1. The number of carbonyl (C=O) groups excluding carboxylic acids is 1.